The van der Waals surface area contributed by atoms with E-state index in [2.05, 4.69) is 22.3 Å². The molecule has 1 fully saturated rings. The van der Waals surface area contributed by atoms with Gasteiger partial charge in [-0.3, -0.25) is 4.79 Å². The van der Waals surface area contributed by atoms with Crippen LogP contribution >= 0.6 is 0 Å². The molecular weight excluding hydrogens is 230 g/mol. The van der Waals surface area contributed by atoms with Gasteiger partial charge in [-0.05, 0) is 18.9 Å². The number of halogens is 2. The Balaban J connectivity index is 2.08. The molecule has 17 heavy (non-hydrogen) atoms. The lowest BCUT2D eigenvalue weighted by Gasteiger charge is -2.26. The van der Waals surface area contributed by atoms with Gasteiger partial charge in [-0.25, -0.2) is 8.78 Å². The van der Waals surface area contributed by atoms with Crippen molar-refractivity contribution in [3.63, 3.8) is 0 Å². The Morgan fingerprint density at radius 2 is 2.29 bits per heavy atom. The van der Waals surface area contributed by atoms with Gasteiger partial charge < -0.3 is 15.4 Å². The Hall–Kier alpha value is -0.750. The molecule has 0 spiro atoms. The normalized spacial score (nSPS) is 24.9. The number of alkyl halides is 2. The lowest BCUT2D eigenvalue weighted by Crippen LogP contribution is -2.44. The predicted octanol–water partition coefficient (Wildman–Crippen LogP) is 0.630. The Morgan fingerprint density at radius 3 is 2.94 bits per heavy atom. The highest BCUT2D eigenvalue weighted by molar-refractivity contribution is 5.78. The van der Waals surface area contributed by atoms with Crippen molar-refractivity contribution < 1.29 is 18.3 Å². The van der Waals surface area contributed by atoms with Crippen LogP contribution in [0, 0.1) is 11.8 Å². The van der Waals surface area contributed by atoms with Crippen LogP contribution in [0.4, 0.5) is 8.78 Å². The molecule has 1 rings (SSSR count). The van der Waals surface area contributed by atoms with Gasteiger partial charge in [-0.2, -0.15) is 0 Å². The standard InChI is InChI=1S/C11H20F2N2O2/c1-8-4-9(6-14-5-8)11(16)15-2-3-17-7-10(12)13/h8-10,14H,2-7H2,1H3,(H,15,16). The van der Waals surface area contributed by atoms with Gasteiger partial charge >= 0.3 is 0 Å². The fraction of sp³-hybridized carbons (Fsp3) is 0.909. The number of hydrogen-bond acceptors (Lipinski definition) is 3. The van der Waals surface area contributed by atoms with Crippen LogP contribution in [0.1, 0.15) is 13.3 Å². The van der Waals surface area contributed by atoms with E-state index in [0.717, 1.165) is 13.0 Å². The van der Waals surface area contributed by atoms with E-state index in [1.54, 1.807) is 0 Å². The molecule has 100 valence electrons. The molecule has 0 aliphatic carbocycles. The summed E-state index contributed by atoms with van der Waals surface area (Å²) in [6.07, 6.45) is -1.58. The summed E-state index contributed by atoms with van der Waals surface area (Å²) in [7, 11) is 0. The van der Waals surface area contributed by atoms with Crippen molar-refractivity contribution in [2.75, 3.05) is 32.8 Å². The highest BCUT2D eigenvalue weighted by Crippen LogP contribution is 2.15. The third-order valence-corrected chi connectivity index (χ3v) is 2.73. The summed E-state index contributed by atoms with van der Waals surface area (Å²) in [5.41, 5.74) is 0. The molecule has 1 aliphatic heterocycles. The number of carbonyl (C=O) groups excluding carboxylic acids is 1. The summed E-state index contributed by atoms with van der Waals surface area (Å²) in [5.74, 6) is 0.452. The fourth-order valence-corrected chi connectivity index (χ4v) is 1.92. The molecule has 0 saturated carbocycles. The number of nitrogens with one attached hydrogen (secondary N) is 2. The predicted molar refractivity (Wildman–Crippen MR) is 60.0 cm³/mol. The average molecular weight is 250 g/mol. The first-order valence-electron chi connectivity index (χ1n) is 5.94. The van der Waals surface area contributed by atoms with Crippen LogP contribution in [0.15, 0.2) is 0 Å². The molecular formula is C11H20F2N2O2. The Kier molecular flexibility index (Phi) is 6.36. The van der Waals surface area contributed by atoms with Gasteiger partial charge in [0.2, 0.25) is 5.91 Å². The summed E-state index contributed by atoms with van der Waals surface area (Å²) < 4.78 is 28.1. The van der Waals surface area contributed by atoms with Crippen molar-refractivity contribution in [2.45, 2.75) is 19.8 Å². The van der Waals surface area contributed by atoms with E-state index in [1.165, 1.54) is 0 Å². The minimum atomic E-state index is -2.45. The number of hydrogen-bond donors (Lipinski definition) is 2. The van der Waals surface area contributed by atoms with Crippen LogP contribution in [0.2, 0.25) is 0 Å². The van der Waals surface area contributed by atoms with E-state index in [0.29, 0.717) is 12.5 Å². The Labute approximate surface area is 100 Å². The van der Waals surface area contributed by atoms with Crippen LogP contribution < -0.4 is 10.6 Å². The van der Waals surface area contributed by atoms with Gasteiger partial charge in [-0.1, -0.05) is 6.92 Å². The molecule has 2 unspecified atom stereocenters. The van der Waals surface area contributed by atoms with Crippen molar-refractivity contribution in [1.29, 1.82) is 0 Å². The van der Waals surface area contributed by atoms with Gasteiger partial charge in [-0.15, -0.1) is 0 Å². The van der Waals surface area contributed by atoms with E-state index in [1.807, 2.05) is 0 Å². The number of piperidine rings is 1. The summed E-state index contributed by atoms with van der Waals surface area (Å²) in [6, 6.07) is 0. The third-order valence-electron chi connectivity index (χ3n) is 2.73. The Morgan fingerprint density at radius 1 is 1.53 bits per heavy atom. The minimum Gasteiger partial charge on any atom is -0.374 e. The maximum Gasteiger partial charge on any atom is 0.261 e. The third kappa shape index (κ3) is 5.93. The first kappa shape index (κ1) is 14.3. The molecule has 0 aromatic rings. The maximum atomic E-state index is 11.7. The number of carbonyl (C=O) groups is 1. The van der Waals surface area contributed by atoms with E-state index >= 15 is 0 Å². The molecule has 1 heterocycles. The fourth-order valence-electron chi connectivity index (χ4n) is 1.92. The quantitative estimate of drug-likeness (QED) is 0.680. The smallest absolute Gasteiger partial charge is 0.261 e. The maximum absolute atomic E-state index is 11.7. The molecule has 1 aliphatic rings. The van der Waals surface area contributed by atoms with Crippen molar-refractivity contribution >= 4 is 5.91 Å². The summed E-state index contributed by atoms with van der Waals surface area (Å²) in [5, 5.41) is 5.89. The zero-order chi connectivity index (χ0) is 12.7. The van der Waals surface area contributed by atoms with Gasteiger partial charge in [0.15, 0.2) is 0 Å². The van der Waals surface area contributed by atoms with Crippen LogP contribution in [0.25, 0.3) is 0 Å². The highest BCUT2D eigenvalue weighted by Gasteiger charge is 2.24. The zero-order valence-electron chi connectivity index (χ0n) is 10.0. The van der Waals surface area contributed by atoms with Crippen LogP contribution in [0.3, 0.4) is 0 Å². The van der Waals surface area contributed by atoms with Crippen molar-refractivity contribution in [1.82, 2.24) is 10.6 Å². The molecule has 6 heteroatoms. The van der Waals surface area contributed by atoms with Gasteiger partial charge in [0.1, 0.15) is 6.61 Å². The number of ether oxygens (including phenoxy) is 1. The van der Waals surface area contributed by atoms with Crippen molar-refractivity contribution in [2.24, 2.45) is 11.8 Å². The molecule has 2 atom stereocenters. The molecule has 0 aromatic heterocycles. The van der Waals surface area contributed by atoms with Gasteiger partial charge in [0.25, 0.3) is 6.43 Å². The van der Waals surface area contributed by atoms with Gasteiger partial charge in [0, 0.05) is 13.1 Å². The molecule has 1 saturated heterocycles. The number of rotatable bonds is 6. The average Bonchev–Trinajstić information content (AvgIpc) is 2.28. The first-order valence-corrected chi connectivity index (χ1v) is 5.94. The monoisotopic (exact) mass is 250 g/mol. The summed E-state index contributed by atoms with van der Waals surface area (Å²) in [4.78, 5) is 11.7. The lowest BCUT2D eigenvalue weighted by molar-refractivity contribution is -0.126. The van der Waals surface area contributed by atoms with E-state index in [9.17, 15) is 13.6 Å². The summed E-state index contributed by atoms with van der Waals surface area (Å²) in [6.45, 7) is 3.58. The SMILES string of the molecule is CC1CNCC(C(=O)NCCOCC(F)F)C1. The Bertz CT molecular complexity index is 240. The van der Waals surface area contributed by atoms with E-state index < -0.39 is 13.0 Å². The van der Waals surface area contributed by atoms with E-state index in [4.69, 9.17) is 0 Å². The second-order valence-corrected chi connectivity index (χ2v) is 4.45. The highest BCUT2D eigenvalue weighted by atomic mass is 19.3. The zero-order valence-corrected chi connectivity index (χ0v) is 10.0. The topological polar surface area (TPSA) is 50.4 Å². The molecule has 0 radical (unpaired) electrons. The second kappa shape index (κ2) is 7.55. The van der Waals surface area contributed by atoms with Crippen molar-refractivity contribution in [3.05, 3.63) is 0 Å². The largest absolute Gasteiger partial charge is 0.374 e. The molecule has 4 nitrogen and oxygen atoms in total. The van der Waals surface area contributed by atoms with Crippen molar-refractivity contribution in [3.8, 4) is 0 Å². The first-order chi connectivity index (χ1) is 8.09. The molecule has 2 N–H and O–H groups in total. The minimum absolute atomic E-state index is 0.0196. The summed E-state index contributed by atoms with van der Waals surface area (Å²) >= 11 is 0. The second-order valence-electron chi connectivity index (χ2n) is 4.45. The molecule has 0 bridgehead atoms. The van der Waals surface area contributed by atoms with Crippen LogP contribution in [-0.4, -0.2) is 45.2 Å². The lowest BCUT2D eigenvalue weighted by atomic mass is 9.91. The molecule has 1 amide bonds. The molecule has 0 aromatic carbocycles. The van der Waals surface area contributed by atoms with Crippen LogP contribution in [0.5, 0.6) is 0 Å². The number of amides is 1. The van der Waals surface area contributed by atoms with Crippen LogP contribution in [-0.2, 0) is 9.53 Å². The van der Waals surface area contributed by atoms with Gasteiger partial charge in [0.05, 0.1) is 12.5 Å². The van der Waals surface area contributed by atoms with E-state index in [-0.39, 0.29) is 25.0 Å².